The summed E-state index contributed by atoms with van der Waals surface area (Å²) in [5.74, 6) is 0.911. The number of carbonyl (C=O) groups excluding carboxylic acids is 1. The van der Waals surface area contributed by atoms with Crippen LogP contribution in [0.15, 0.2) is 24.3 Å². The molecule has 1 saturated heterocycles. The molecule has 6 nitrogen and oxygen atoms in total. The third kappa shape index (κ3) is 4.47. The lowest BCUT2D eigenvalue weighted by atomic mass is 10.1. The van der Waals surface area contributed by atoms with Crippen molar-refractivity contribution in [3.05, 3.63) is 41.1 Å². The Labute approximate surface area is 148 Å². The standard InChI is InChI=1S/C19H24N4O2/c1-13-6-7-16(10-14(13)2)21-17(24)12-25-18-11-15(3)20-19(22-18)23-8-4-5-9-23/h6-7,10-11H,4-5,8-9,12H2,1-3H3,(H,21,24). The molecule has 1 N–H and O–H groups in total. The Kier molecular flexibility index (Phi) is 5.16. The van der Waals surface area contributed by atoms with Gasteiger partial charge >= 0.3 is 0 Å². The van der Waals surface area contributed by atoms with Crippen LogP contribution in [0.2, 0.25) is 0 Å². The van der Waals surface area contributed by atoms with E-state index in [1.54, 1.807) is 6.07 Å². The molecule has 25 heavy (non-hydrogen) atoms. The van der Waals surface area contributed by atoms with Gasteiger partial charge in [0.1, 0.15) is 0 Å². The molecule has 3 rings (SSSR count). The number of aryl methyl sites for hydroxylation is 3. The SMILES string of the molecule is Cc1cc(OCC(=O)Nc2ccc(C)c(C)c2)nc(N2CCCC2)n1. The van der Waals surface area contributed by atoms with Gasteiger partial charge in [0.2, 0.25) is 11.8 Å². The van der Waals surface area contributed by atoms with Crippen molar-refractivity contribution in [2.24, 2.45) is 0 Å². The highest BCUT2D eigenvalue weighted by molar-refractivity contribution is 5.91. The predicted molar refractivity (Wildman–Crippen MR) is 98.3 cm³/mol. The summed E-state index contributed by atoms with van der Waals surface area (Å²) in [7, 11) is 0. The van der Waals surface area contributed by atoms with Crippen LogP contribution in [-0.2, 0) is 4.79 Å². The van der Waals surface area contributed by atoms with Gasteiger partial charge in [-0.1, -0.05) is 6.07 Å². The van der Waals surface area contributed by atoms with Gasteiger partial charge in [0.25, 0.3) is 5.91 Å². The van der Waals surface area contributed by atoms with Crippen molar-refractivity contribution in [3.63, 3.8) is 0 Å². The van der Waals surface area contributed by atoms with Gasteiger partial charge in [-0.2, -0.15) is 4.98 Å². The lowest BCUT2D eigenvalue weighted by Gasteiger charge is -2.16. The fraction of sp³-hybridized carbons (Fsp3) is 0.421. The first-order valence-corrected chi connectivity index (χ1v) is 8.62. The van der Waals surface area contributed by atoms with E-state index < -0.39 is 0 Å². The third-order valence-corrected chi connectivity index (χ3v) is 4.35. The lowest BCUT2D eigenvalue weighted by molar-refractivity contribution is -0.118. The van der Waals surface area contributed by atoms with E-state index >= 15 is 0 Å². The van der Waals surface area contributed by atoms with Crippen molar-refractivity contribution in [1.82, 2.24) is 9.97 Å². The Hall–Kier alpha value is -2.63. The van der Waals surface area contributed by atoms with Gasteiger partial charge in [-0.3, -0.25) is 4.79 Å². The molecular formula is C19H24N4O2. The van der Waals surface area contributed by atoms with Gasteiger partial charge in [0, 0.05) is 30.5 Å². The smallest absolute Gasteiger partial charge is 0.262 e. The fourth-order valence-corrected chi connectivity index (χ4v) is 2.81. The van der Waals surface area contributed by atoms with Crippen molar-refractivity contribution < 1.29 is 9.53 Å². The van der Waals surface area contributed by atoms with Crippen LogP contribution in [0.1, 0.15) is 29.7 Å². The maximum absolute atomic E-state index is 12.1. The van der Waals surface area contributed by atoms with Gasteiger partial charge in [-0.25, -0.2) is 4.98 Å². The third-order valence-electron chi connectivity index (χ3n) is 4.35. The molecule has 132 valence electrons. The van der Waals surface area contributed by atoms with E-state index in [4.69, 9.17) is 4.74 Å². The Morgan fingerprint density at radius 2 is 1.88 bits per heavy atom. The number of hydrogen-bond acceptors (Lipinski definition) is 5. The van der Waals surface area contributed by atoms with E-state index in [1.165, 1.54) is 5.56 Å². The molecule has 6 heteroatoms. The van der Waals surface area contributed by atoms with Crippen molar-refractivity contribution in [2.75, 3.05) is 29.9 Å². The molecule has 0 saturated carbocycles. The number of nitrogens with one attached hydrogen (secondary N) is 1. The minimum atomic E-state index is -0.206. The second-order valence-corrected chi connectivity index (χ2v) is 6.48. The van der Waals surface area contributed by atoms with Crippen LogP contribution in [0, 0.1) is 20.8 Å². The van der Waals surface area contributed by atoms with Crippen molar-refractivity contribution >= 4 is 17.5 Å². The van der Waals surface area contributed by atoms with E-state index in [9.17, 15) is 4.79 Å². The molecule has 1 fully saturated rings. The van der Waals surface area contributed by atoms with Crippen LogP contribution in [0.5, 0.6) is 5.88 Å². The molecule has 1 amide bonds. The second kappa shape index (κ2) is 7.51. The van der Waals surface area contributed by atoms with Crippen LogP contribution >= 0.6 is 0 Å². The predicted octanol–water partition coefficient (Wildman–Crippen LogP) is 3.02. The molecule has 0 radical (unpaired) electrons. The fourth-order valence-electron chi connectivity index (χ4n) is 2.81. The number of amides is 1. The minimum Gasteiger partial charge on any atom is -0.467 e. The Morgan fingerprint density at radius 3 is 2.60 bits per heavy atom. The van der Waals surface area contributed by atoms with Crippen molar-refractivity contribution in [3.8, 4) is 5.88 Å². The zero-order chi connectivity index (χ0) is 17.8. The zero-order valence-corrected chi connectivity index (χ0v) is 15.0. The second-order valence-electron chi connectivity index (χ2n) is 6.48. The molecule has 0 spiro atoms. The number of ether oxygens (including phenoxy) is 1. The molecule has 0 bridgehead atoms. The number of anilines is 2. The number of rotatable bonds is 5. The van der Waals surface area contributed by atoms with E-state index in [2.05, 4.69) is 20.2 Å². The summed E-state index contributed by atoms with van der Waals surface area (Å²) in [6, 6.07) is 7.58. The highest BCUT2D eigenvalue weighted by atomic mass is 16.5. The molecule has 0 atom stereocenters. The Bertz CT molecular complexity index is 770. The molecule has 2 heterocycles. The maximum Gasteiger partial charge on any atom is 0.262 e. The summed E-state index contributed by atoms with van der Waals surface area (Å²) in [5, 5.41) is 2.85. The number of benzene rings is 1. The monoisotopic (exact) mass is 340 g/mol. The first kappa shape index (κ1) is 17.2. The van der Waals surface area contributed by atoms with Crippen LogP contribution in [-0.4, -0.2) is 35.6 Å². The Morgan fingerprint density at radius 1 is 1.12 bits per heavy atom. The molecule has 1 aliphatic rings. The van der Waals surface area contributed by atoms with Crippen LogP contribution in [0.4, 0.5) is 11.6 Å². The van der Waals surface area contributed by atoms with Crippen molar-refractivity contribution in [1.29, 1.82) is 0 Å². The number of aromatic nitrogens is 2. The first-order valence-electron chi connectivity index (χ1n) is 8.62. The summed E-state index contributed by atoms with van der Waals surface area (Å²) >= 11 is 0. The van der Waals surface area contributed by atoms with Crippen LogP contribution in [0.3, 0.4) is 0 Å². The van der Waals surface area contributed by atoms with Crippen molar-refractivity contribution in [2.45, 2.75) is 33.6 Å². The van der Waals surface area contributed by atoms with Gasteiger partial charge in [0.05, 0.1) is 0 Å². The summed E-state index contributed by atoms with van der Waals surface area (Å²) in [4.78, 5) is 23.2. The van der Waals surface area contributed by atoms with E-state index in [-0.39, 0.29) is 12.5 Å². The molecule has 0 unspecified atom stereocenters. The largest absolute Gasteiger partial charge is 0.467 e. The summed E-state index contributed by atoms with van der Waals surface area (Å²) in [6.45, 7) is 7.82. The van der Waals surface area contributed by atoms with Gasteiger partial charge in [-0.15, -0.1) is 0 Å². The van der Waals surface area contributed by atoms with Gasteiger partial charge in [0.15, 0.2) is 6.61 Å². The average Bonchev–Trinajstić information content (AvgIpc) is 3.10. The molecular weight excluding hydrogens is 316 g/mol. The summed E-state index contributed by atoms with van der Waals surface area (Å²) in [6.07, 6.45) is 2.32. The minimum absolute atomic E-state index is 0.0805. The number of hydrogen-bond donors (Lipinski definition) is 1. The highest BCUT2D eigenvalue weighted by Crippen LogP contribution is 2.20. The molecule has 1 aromatic heterocycles. The average molecular weight is 340 g/mol. The maximum atomic E-state index is 12.1. The van der Waals surface area contributed by atoms with Gasteiger partial charge in [-0.05, 0) is 56.9 Å². The van der Waals surface area contributed by atoms with Crippen LogP contribution < -0.4 is 15.0 Å². The van der Waals surface area contributed by atoms with Crippen LogP contribution in [0.25, 0.3) is 0 Å². The van der Waals surface area contributed by atoms with E-state index in [0.29, 0.717) is 11.8 Å². The highest BCUT2D eigenvalue weighted by Gasteiger charge is 2.16. The van der Waals surface area contributed by atoms with Gasteiger partial charge < -0.3 is 15.0 Å². The molecule has 0 aliphatic carbocycles. The van der Waals surface area contributed by atoms with E-state index in [1.807, 2.05) is 39.0 Å². The number of carbonyl (C=O) groups is 1. The summed E-state index contributed by atoms with van der Waals surface area (Å²) < 4.78 is 5.59. The normalized spacial score (nSPS) is 13.8. The first-order chi connectivity index (χ1) is 12.0. The quantitative estimate of drug-likeness (QED) is 0.906. The zero-order valence-electron chi connectivity index (χ0n) is 15.0. The Balaban J connectivity index is 1.60. The molecule has 1 aromatic carbocycles. The number of nitrogens with zero attached hydrogens (tertiary/aromatic N) is 3. The van der Waals surface area contributed by atoms with E-state index in [0.717, 1.165) is 42.9 Å². The topological polar surface area (TPSA) is 67.3 Å². The molecule has 2 aromatic rings. The summed E-state index contributed by atoms with van der Waals surface area (Å²) in [5.41, 5.74) is 3.94. The molecule has 1 aliphatic heterocycles. The lowest BCUT2D eigenvalue weighted by Crippen LogP contribution is -2.23.